The SMILES string of the molecule is O=C(CCNS(=O)(=O)c1cccc(Br)c1)NCc1ccc(Cl)cc1. The summed E-state index contributed by atoms with van der Waals surface area (Å²) in [7, 11) is -3.62. The zero-order chi connectivity index (χ0) is 17.6. The molecule has 0 saturated heterocycles. The van der Waals surface area contributed by atoms with Gasteiger partial charge in [0.1, 0.15) is 0 Å². The van der Waals surface area contributed by atoms with Crippen molar-refractivity contribution in [1.29, 1.82) is 0 Å². The van der Waals surface area contributed by atoms with Crippen molar-refractivity contribution < 1.29 is 13.2 Å². The molecule has 1 amide bonds. The number of nitrogens with one attached hydrogen (secondary N) is 2. The van der Waals surface area contributed by atoms with Gasteiger partial charge < -0.3 is 5.32 Å². The largest absolute Gasteiger partial charge is 0.352 e. The van der Waals surface area contributed by atoms with E-state index in [1.807, 2.05) is 12.1 Å². The summed E-state index contributed by atoms with van der Waals surface area (Å²) in [6.07, 6.45) is 0.0564. The van der Waals surface area contributed by atoms with E-state index in [9.17, 15) is 13.2 Å². The van der Waals surface area contributed by atoms with Crippen LogP contribution in [0.1, 0.15) is 12.0 Å². The molecule has 0 fully saturated rings. The number of hydrogen-bond acceptors (Lipinski definition) is 3. The monoisotopic (exact) mass is 430 g/mol. The van der Waals surface area contributed by atoms with Gasteiger partial charge in [-0.2, -0.15) is 0 Å². The van der Waals surface area contributed by atoms with Crippen LogP contribution in [0.25, 0.3) is 0 Å². The van der Waals surface area contributed by atoms with Gasteiger partial charge >= 0.3 is 0 Å². The Hall–Kier alpha value is -1.41. The highest BCUT2D eigenvalue weighted by atomic mass is 79.9. The van der Waals surface area contributed by atoms with Gasteiger partial charge in [-0.1, -0.05) is 45.7 Å². The molecule has 0 saturated carbocycles. The molecule has 0 unspecified atom stereocenters. The molecule has 0 spiro atoms. The third kappa shape index (κ3) is 5.90. The first-order chi connectivity index (χ1) is 11.4. The topological polar surface area (TPSA) is 75.3 Å². The lowest BCUT2D eigenvalue weighted by Gasteiger charge is -2.08. The van der Waals surface area contributed by atoms with Crippen molar-refractivity contribution in [1.82, 2.24) is 10.0 Å². The second-order valence-electron chi connectivity index (χ2n) is 5.01. The number of halogens is 2. The minimum absolute atomic E-state index is 0.0291. The van der Waals surface area contributed by atoms with E-state index in [4.69, 9.17) is 11.6 Å². The molecule has 128 valence electrons. The van der Waals surface area contributed by atoms with Gasteiger partial charge in [0, 0.05) is 29.0 Å². The molecule has 0 atom stereocenters. The zero-order valence-electron chi connectivity index (χ0n) is 12.6. The highest BCUT2D eigenvalue weighted by Gasteiger charge is 2.14. The molecule has 2 rings (SSSR count). The van der Waals surface area contributed by atoms with Gasteiger partial charge in [-0.15, -0.1) is 0 Å². The fourth-order valence-corrected chi connectivity index (χ4v) is 3.66. The van der Waals surface area contributed by atoms with Crippen LogP contribution in [0.15, 0.2) is 57.9 Å². The van der Waals surface area contributed by atoms with E-state index in [0.29, 0.717) is 16.0 Å². The second-order valence-corrected chi connectivity index (χ2v) is 8.13. The fourth-order valence-electron chi connectivity index (χ4n) is 1.91. The van der Waals surface area contributed by atoms with E-state index in [0.717, 1.165) is 5.56 Å². The highest BCUT2D eigenvalue weighted by molar-refractivity contribution is 9.10. The Balaban J connectivity index is 1.78. The summed E-state index contributed by atoms with van der Waals surface area (Å²) in [6, 6.07) is 13.5. The molecule has 8 heteroatoms. The Morgan fingerprint density at radius 3 is 2.50 bits per heavy atom. The highest BCUT2D eigenvalue weighted by Crippen LogP contribution is 2.15. The van der Waals surface area contributed by atoms with Crippen LogP contribution in [0.2, 0.25) is 5.02 Å². The summed E-state index contributed by atoms with van der Waals surface area (Å²) >= 11 is 9.02. The average Bonchev–Trinajstić information content (AvgIpc) is 2.54. The van der Waals surface area contributed by atoms with E-state index >= 15 is 0 Å². The molecule has 0 aromatic heterocycles. The number of amides is 1. The van der Waals surface area contributed by atoms with E-state index in [2.05, 4.69) is 26.0 Å². The van der Waals surface area contributed by atoms with E-state index < -0.39 is 10.0 Å². The van der Waals surface area contributed by atoms with E-state index in [1.54, 1.807) is 24.3 Å². The Bertz CT molecular complexity index is 810. The Kier molecular flexibility index (Phi) is 6.79. The Labute approximate surface area is 154 Å². The zero-order valence-corrected chi connectivity index (χ0v) is 15.8. The number of rotatable bonds is 7. The van der Waals surface area contributed by atoms with Crippen molar-refractivity contribution in [3.05, 3.63) is 63.6 Å². The lowest BCUT2D eigenvalue weighted by atomic mass is 10.2. The van der Waals surface area contributed by atoms with Gasteiger partial charge in [0.2, 0.25) is 15.9 Å². The summed E-state index contributed by atoms with van der Waals surface area (Å²) in [6.45, 7) is 0.398. The first-order valence-corrected chi connectivity index (χ1v) is 9.78. The van der Waals surface area contributed by atoms with E-state index in [-0.39, 0.29) is 23.8 Å². The second kappa shape index (κ2) is 8.62. The summed E-state index contributed by atoms with van der Waals surface area (Å²) in [5, 5.41) is 3.36. The molecule has 0 heterocycles. The number of carbonyl (C=O) groups excluding carboxylic acids is 1. The first kappa shape index (κ1) is 18.9. The molecule has 2 aromatic carbocycles. The summed E-state index contributed by atoms with van der Waals surface area (Å²) in [5.74, 6) is -0.234. The molecule has 0 radical (unpaired) electrons. The molecule has 2 N–H and O–H groups in total. The van der Waals surface area contributed by atoms with Crippen molar-refractivity contribution in [2.75, 3.05) is 6.54 Å². The first-order valence-electron chi connectivity index (χ1n) is 7.13. The molecular weight excluding hydrogens is 416 g/mol. The number of benzene rings is 2. The lowest BCUT2D eigenvalue weighted by molar-refractivity contribution is -0.121. The van der Waals surface area contributed by atoms with Gasteiger partial charge in [0.05, 0.1) is 4.90 Å². The Morgan fingerprint density at radius 1 is 1.12 bits per heavy atom. The number of hydrogen-bond donors (Lipinski definition) is 2. The molecule has 0 aliphatic heterocycles. The van der Waals surface area contributed by atoms with E-state index in [1.165, 1.54) is 12.1 Å². The molecular formula is C16H16BrClN2O3S. The normalized spacial score (nSPS) is 11.2. The maximum Gasteiger partial charge on any atom is 0.240 e. The predicted octanol–water partition coefficient (Wildman–Crippen LogP) is 3.09. The molecule has 0 aliphatic carbocycles. The quantitative estimate of drug-likeness (QED) is 0.707. The van der Waals surface area contributed by atoms with Crippen molar-refractivity contribution >= 4 is 43.5 Å². The standard InChI is InChI=1S/C16H16BrClN2O3S/c17-13-2-1-3-15(10-13)24(22,23)20-9-8-16(21)19-11-12-4-6-14(18)7-5-12/h1-7,10,20H,8-9,11H2,(H,19,21). The van der Waals surface area contributed by atoms with Gasteiger partial charge in [-0.3, -0.25) is 4.79 Å². The van der Waals surface area contributed by atoms with Crippen molar-refractivity contribution in [3.8, 4) is 0 Å². The molecule has 5 nitrogen and oxygen atoms in total. The van der Waals surface area contributed by atoms with Crippen LogP contribution >= 0.6 is 27.5 Å². The minimum atomic E-state index is -3.62. The lowest BCUT2D eigenvalue weighted by Crippen LogP contribution is -2.30. The van der Waals surface area contributed by atoms with Crippen molar-refractivity contribution in [2.45, 2.75) is 17.9 Å². The molecule has 0 aliphatic rings. The molecule has 24 heavy (non-hydrogen) atoms. The van der Waals surface area contributed by atoms with Crippen LogP contribution in [-0.4, -0.2) is 20.9 Å². The van der Waals surface area contributed by atoms with Crippen LogP contribution < -0.4 is 10.0 Å². The van der Waals surface area contributed by atoms with Crippen LogP contribution in [0.5, 0.6) is 0 Å². The van der Waals surface area contributed by atoms with Gasteiger partial charge in [0.25, 0.3) is 0 Å². The van der Waals surface area contributed by atoms with Gasteiger partial charge in [-0.05, 0) is 35.9 Å². The summed E-state index contributed by atoms with van der Waals surface area (Å²) < 4.78 is 27.3. The van der Waals surface area contributed by atoms with Crippen LogP contribution in [0, 0.1) is 0 Å². The van der Waals surface area contributed by atoms with Gasteiger partial charge in [0.15, 0.2) is 0 Å². The van der Waals surface area contributed by atoms with Crippen LogP contribution in [-0.2, 0) is 21.4 Å². The number of sulfonamides is 1. The third-order valence-corrected chi connectivity index (χ3v) is 5.36. The van der Waals surface area contributed by atoms with Crippen molar-refractivity contribution in [3.63, 3.8) is 0 Å². The Morgan fingerprint density at radius 2 is 1.83 bits per heavy atom. The fraction of sp³-hybridized carbons (Fsp3) is 0.188. The van der Waals surface area contributed by atoms with Crippen LogP contribution in [0.4, 0.5) is 0 Å². The minimum Gasteiger partial charge on any atom is -0.352 e. The third-order valence-electron chi connectivity index (χ3n) is 3.15. The smallest absolute Gasteiger partial charge is 0.240 e. The maximum absolute atomic E-state index is 12.1. The van der Waals surface area contributed by atoms with Gasteiger partial charge in [-0.25, -0.2) is 13.1 Å². The molecule has 0 bridgehead atoms. The van der Waals surface area contributed by atoms with Crippen molar-refractivity contribution in [2.24, 2.45) is 0 Å². The number of carbonyl (C=O) groups is 1. The predicted molar refractivity (Wildman–Crippen MR) is 97.2 cm³/mol. The molecule has 2 aromatic rings. The summed E-state index contributed by atoms with van der Waals surface area (Å²) in [5.41, 5.74) is 0.919. The summed E-state index contributed by atoms with van der Waals surface area (Å²) in [4.78, 5) is 11.9. The maximum atomic E-state index is 12.1. The van der Waals surface area contributed by atoms with Crippen LogP contribution in [0.3, 0.4) is 0 Å². The average molecular weight is 432 g/mol.